The first-order chi connectivity index (χ1) is 11.3. The first kappa shape index (κ1) is 15.1. The van der Waals surface area contributed by atoms with E-state index in [-0.39, 0.29) is 5.56 Å². The maximum absolute atomic E-state index is 12.1. The SMILES string of the molecule is CCCCOc1ccc(-n2[nH]c(Cn3ccnc3)cc2=O)cc1. The fraction of sp³-hybridized carbons (Fsp3) is 0.294. The minimum atomic E-state index is -0.0835. The van der Waals surface area contributed by atoms with Crippen LogP contribution < -0.4 is 10.3 Å². The number of nitrogens with one attached hydrogen (secondary N) is 1. The molecule has 23 heavy (non-hydrogen) atoms. The number of hydrogen-bond donors (Lipinski definition) is 1. The second-order valence-electron chi connectivity index (χ2n) is 5.39. The zero-order chi connectivity index (χ0) is 16.1. The average Bonchev–Trinajstić information content (AvgIpc) is 3.18. The smallest absolute Gasteiger partial charge is 0.271 e. The van der Waals surface area contributed by atoms with Crippen molar-refractivity contribution in [2.45, 2.75) is 26.3 Å². The number of rotatable bonds is 7. The van der Waals surface area contributed by atoms with Gasteiger partial charge >= 0.3 is 0 Å². The quantitative estimate of drug-likeness (QED) is 0.682. The van der Waals surface area contributed by atoms with E-state index in [1.807, 2.05) is 35.0 Å². The maximum atomic E-state index is 12.1. The molecule has 1 aromatic carbocycles. The molecule has 0 bridgehead atoms. The predicted octanol–water partition coefficient (Wildman–Crippen LogP) is 2.59. The Bertz CT molecular complexity index is 785. The van der Waals surface area contributed by atoms with Gasteiger partial charge in [0, 0.05) is 18.5 Å². The average molecular weight is 312 g/mol. The van der Waals surface area contributed by atoms with Crippen LogP contribution in [0.5, 0.6) is 5.75 Å². The van der Waals surface area contributed by atoms with E-state index in [0.29, 0.717) is 13.2 Å². The molecule has 0 saturated carbocycles. The lowest BCUT2D eigenvalue weighted by molar-refractivity contribution is 0.309. The highest BCUT2D eigenvalue weighted by molar-refractivity contribution is 5.37. The van der Waals surface area contributed by atoms with E-state index in [0.717, 1.165) is 30.0 Å². The fourth-order valence-corrected chi connectivity index (χ4v) is 2.32. The van der Waals surface area contributed by atoms with E-state index in [1.165, 1.54) is 4.68 Å². The molecule has 3 aromatic rings. The molecule has 120 valence electrons. The number of aromatic amines is 1. The molecule has 0 atom stereocenters. The van der Waals surface area contributed by atoms with Gasteiger partial charge in [-0.05, 0) is 30.7 Å². The summed E-state index contributed by atoms with van der Waals surface area (Å²) in [6.07, 6.45) is 7.44. The summed E-state index contributed by atoms with van der Waals surface area (Å²) in [7, 11) is 0. The Morgan fingerprint density at radius 3 is 2.78 bits per heavy atom. The van der Waals surface area contributed by atoms with Crippen molar-refractivity contribution in [2.24, 2.45) is 0 Å². The zero-order valence-electron chi connectivity index (χ0n) is 13.1. The van der Waals surface area contributed by atoms with Crippen molar-refractivity contribution in [1.82, 2.24) is 19.3 Å². The minimum absolute atomic E-state index is 0.0835. The lowest BCUT2D eigenvalue weighted by Crippen LogP contribution is -2.13. The highest BCUT2D eigenvalue weighted by atomic mass is 16.5. The Hall–Kier alpha value is -2.76. The van der Waals surface area contributed by atoms with Crippen LogP contribution in [0.2, 0.25) is 0 Å². The fourth-order valence-electron chi connectivity index (χ4n) is 2.32. The Labute approximate surface area is 134 Å². The molecule has 3 rings (SSSR count). The highest BCUT2D eigenvalue weighted by Crippen LogP contribution is 2.14. The third kappa shape index (κ3) is 3.71. The number of H-pyrrole nitrogens is 1. The van der Waals surface area contributed by atoms with Gasteiger partial charge in [0.2, 0.25) is 0 Å². The first-order valence-electron chi connectivity index (χ1n) is 7.76. The van der Waals surface area contributed by atoms with Gasteiger partial charge in [0.05, 0.1) is 30.9 Å². The number of ether oxygens (including phenoxy) is 1. The van der Waals surface area contributed by atoms with Gasteiger partial charge in [0.15, 0.2) is 0 Å². The molecule has 6 heteroatoms. The first-order valence-corrected chi connectivity index (χ1v) is 7.76. The van der Waals surface area contributed by atoms with Gasteiger partial charge in [-0.1, -0.05) is 13.3 Å². The zero-order valence-corrected chi connectivity index (χ0v) is 13.1. The molecule has 0 amide bonds. The molecule has 0 saturated heterocycles. The van der Waals surface area contributed by atoms with Crippen molar-refractivity contribution in [1.29, 1.82) is 0 Å². The molecule has 2 aromatic heterocycles. The van der Waals surface area contributed by atoms with Crippen LogP contribution in [0.15, 0.2) is 53.8 Å². The molecule has 0 spiro atoms. The summed E-state index contributed by atoms with van der Waals surface area (Å²) < 4.78 is 9.07. The summed E-state index contributed by atoms with van der Waals surface area (Å²) >= 11 is 0. The van der Waals surface area contributed by atoms with Crippen LogP contribution >= 0.6 is 0 Å². The van der Waals surface area contributed by atoms with Crippen molar-refractivity contribution in [3.63, 3.8) is 0 Å². The molecular weight excluding hydrogens is 292 g/mol. The van der Waals surface area contributed by atoms with Gasteiger partial charge < -0.3 is 9.30 Å². The maximum Gasteiger partial charge on any atom is 0.271 e. The summed E-state index contributed by atoms with van der Waals surface area (Å²) in [5, 5.41) is 3.12. The number of unbranched alkanes of at least 4 members (excludes halogenated alkanes) is 1. The van der Waals surface area contributed by atoms with Crippen LogP contribution in [0.4, 0.5) is 0 Å². The monoisotopic (exact) mass is 312 g/mol. The molecule has 0 radical (unpaired) electrons. The van der Waals surface area contributed by atoms with Gasteiger partial charge in [0.25, 0.3) is 5.56 Å². The van der Waals surface area contributed by atoms with Crippen molar-refractivity contribution < 1.29 is 4.74 Å². The topological polar surface area (TPSA) is 64.8 Å². The normalized spacial score (nSPS) is 10.8. The van der Waals surface area contributed by atoms with E-state index in [9.17, 15) is 4.79 Å². The number of hydrogen-bond acceptors (Lipinski definition) is 3. The molecule has 6 nitrogen and oxygen atoms in total. The number of benzene rings is 1. The van der Waals surface area contributed by atoms with Crippen molar-refractivity contribution >= 4 is 0 Å². The molecule has 0 unspecified atom stereocenters. The van der Waals surface area contributed by atoms with Crippen molar-refractivity contribution in [2.75, 3.05) is 6.61 Å². The van der Waals surface area contributed by atoms with E-state index < -0.39 is 0 Å². The summed E-state index contributed by atoms with van der Waals surface area (Å²) in [6.45, 7) is 3.43. The minimum Gasteiger partial charge on any atom is -0.494 e. The molecular formula is C17H20N4O2. The molecule has 0 aliphatic heterocycles. The van der Waals surface area contributed by atoms with Crippen LogP contribution in [0.3, 0.4) is 0 Å². The standard InChI is InChI=1S/C17H20N4O2/c1-2-3-10-23-16-6-4-15(5-7-16)21-17(22)11-14(19-21)12-20-9-8-18-13-20/h4-9,11,13,19H,2-3,10,12H2,1H3. The van der Waals surface area contributed by atoms with Crippen LogP contribution in [-0.2, 0) is 6.54 Å². The van der Waals surface area contributed by atoms with Gasteiger partial charge in [-0.15, -0.1) is 0 Å². The van der Waals surface area contributed by atoms with Gasteiger partial charge in [0.1, 0.15) is 5.75 Å². The summed E-state index contributed by atoms with van der Waals surface area (Å²) in [4.78, 5) is 16.1. The number of imidazole rings is 1. The van der Waals surface area contributed by atoms with Crippen LogP contribution in [0.1, 0.15) is 25.5 Å². The van der Waals surface area contributed by atoms with Crippen LogP contribution in [0.25, 0.3) is 5.69 Å². The summed E-state index contributed by atoms with van der Waals surface area (Å²) in [6, 6.07) is 9.12. The number of aromatic nitrogens is 4. The molecule has 1 N–H and O–H groups in total. The van der Waals surface area contributed by atoms with Gasteiger partial charge in [-0.2, -0.15) is 0 Å². The van der Waals surface area contributed by atoms with E-state index in [4.69, 9.17) is 4.74 Å². The number of nitrogens with zero attached hydrogens (tertiary/aromatic N) is 3. The van der Waals surface area contributed by atoms with E-state index in [1.54, 1.807) is 18.6 Å². The van der Waals surface area contributed by atoms with Crippen LogP contribution in [-0.4, -0.2) is 25.9 Å². The summed E-state index contributed by atoms with van der Waals surface area (Å²) in [5.41, 5.74) is 1.53. The lowest BCUT2D eigenvalue weighted by atomic mass is 10.3. The summed E-state index contributed by atoms with van der Waals surface area (Å²) in [5.74, 6) is 0.820. The second-order valence-corrected chi connectivity index (χ2v) is 5.39. The lowest BCUT2D eigenvalue weighted by Gasteiger charge is -2.07. The third-order valence-electron chi connectivity index (χ3n) is 3.55. The Morgan fingerprint density at radius 1 is 1.26 bits per heavy atom. The van der Waals surface area contributed by atoms with Gasteiger partial charge in [-0.25, -0.2) is 9.67 Å². The largest absolute Gasteiger partial charge is 0.494 e. The Kier molecular flexibility index (Phi) is 4.61. The predicted molar refractivity (Wildman–Crippen MR) is 88.1 cm³/mol. The molecule has 0 aliphatic carbocycles. The second kappa shape index (κ2) is 7.00. The van der Waals surface area contributed by atoms with Crippen LogP contribution in [0, 0.1) is 0 Å². The molecule has 0 fully saturated rings. The van der Waals surface area contributed by atoms with E-state index in [2.05, 4.69) is 17.0 Å². The van der Waals surface area contributed by atoms with Gasteiger partial charge in [-0.3, -0.25) is 9.89 Å². The van der Waals surface area contributed by atoms with Crippen molar-refractivity contribution in [3.05, 3.63) is 65.1 Å². The molecule has 2 heterocycles. The highest BCUT2D eigenvalue weighted by Gasteiger charge is 2.06. The Morgan fingerprint density at radius 2 is 2.09 bits per heavy atom. The Balaban J connectivity index is 1.73. The van der Waals surface area contributed by atoms with Crippen molar-refractivity contribution in [3.8, 4) is 11.4 Å². The van der Waals surface area contributed by atoms with E-state index >= 15 is 0 Å². The molecule has 0 aliphatic rings. The third-order valence-corrected chi connectivity index (χ3v) is 3.55.